The van der Waals surface area contributed by atoms with Crippen LogP contribution in [0.25, 0.3) is 0 Å². The lowest BCUT2D eigenvalue weighted by molar-refractivity contribution is -0.140. The van der Waals surface area contributed by atoms with Gasteiger partial charge < -0.3 is 28.7 Å². The molecule has 0 aromatic heterocycles. The van der Waals surface area contributed by atoms with E-state index in [9.17, 15) is 19.2 Å². The van der Waals surface area contributed by atoms with Crippen molar-refractivity contribution in [2.75, 3.05) is 40.5 Å². The van der Waals surface area contributed by atoms with E-state index < -0.39 is 35.2 Å². The van der Waals surface area contributed by atoms with E-state index in [-0.39, 0.29) is 32.0 Å². The maximum absolute atomic E-state index is 12.6. The molecule has 10 heteroatoms. The molecule has 0 saturated heterocycles. The van der Waals surface area contributed by atoms with Gasteiger partial charge >= 0.3 is 24.1 Å². The van der Waals surface area contributed by atoms with Crippen LogP contribution < -0.4 is 0 Å². The summed E-state index contributed by atoms with van der Waals surface area (Å²) in [7, 11) is 3.22. The van der Waals surface area contributed by atoms with Gasteiger partial charge in [0.1, 0.15) is 26.4 Å². The second kappa shape index (κ2) is 13.5. The van der Waals surface area contributed by atoms with Crippen LogP contribution in [0.2, 0.25) is 0 Å². The molecular weight excluding hydrogens is 480 g/mol. The van der Waals surface area contributed by atoms with Crippen LogP contribution in [0.1, 0.15) is 45.7 Å². The average Bonchev–Trinajstić information content (AvgIpc) is 2.87. The highest BCUT2D eigenvalue weighted by atomic mass is 16.6. The highest BCUT2D eigenvalue weighted by Crippen LogP contribution is 2.33. The van der Waals surface area contributed by atoms with Crippen molar-refractivity contribution in [2.24, 2.45) is 0 Å². The first-order valence-electron chi connectivity index (χ1n) is 11.7. The molecule has 0 saturated carbocycles. The summed E-state index contributed by atoms with van der Waals surface area (Å²) in [5, 5.41) is 0. The maximum atomic E-state index is 12.6. The number of benzene rings is 1. The summed E-state index contributed by atoms with van der Waals surface area (Å²) >= 11 is 0. The Kier molecular flexibility index (Phi) is 11.4. The van der Waals surface area contributed by atoms with Crippen LogP contribution in [0, 0.1) is 0 Å². The molecule has 1 rings (SSSR count). The molecule has 0 spiro atoms. The lowest BCUT2D eigenvalue weighted by Crippen LogP contribution is -2.45. The van der Waals surface area contributed by atoms with Gasteiger partial charge in [-0.05, 0) is 45.7 Å². The summed E-state index contributed by atoms with van der Waals surface area (Å²) < 4.78 is 20.2. The Morgan fingerprint density at radius 3 is 1.62 bits per heavy atom. The topological polar surface area (TPSA) is 112 Å². The lowest BCUT2D eigenvalue weighted by atomic mass is 9.86. The van der Waals surface area contributed by atoms with E-state index in [2.05, 4.69) is 13.2 Å². The summed E-state index contributed by atoms with van der Waals surface area (Å²) in [6.45, 7) is 15.5. The van der Waals surface area contributed by atoms with E-state index in [4.69, 9.17) is 18.9 Å². The maximum Gasteiger partial charge on any atom is 0.410 e. The number of amides is 2. The molecule has 0 fully saturated rings. The van der Waals surface area contributed by atoms with Gasteiger partial charge in [-0.2, -0.15) is 0 Å². The van der Waals surface area contributed by atoms with E-state index in [1.165, 1.54) is 16.7 Å². The van der Waals surface area contributed by atoms with Gasteiger partial charge in [0, 0.05) is 25.7 Å². The average molecular weight is 519 g/mol. The zero-order valence-electron chi connectivity index (χ0n) is 22.8. The normalized spacial score (nSPS) is 11.1. The Balaban J connectivity index is 2.88. The smallest absolute Gasteiger partial charge is 0.410 e. The van der Waals surface area contributed by atoms with Crippen LogP contribution in [-0.4, -0.2) is 74.4 Å². The van der Waals surface area contributed by atoms with Crippen molar-refractivity contribution in [3.63, 3.8) is 0 Å². The predicted molar refractivity (Wildman–Crippen MR) is 138 cm³/mol. The predicted octanol–water partition coefficient (Wildman–Crippen LogP) is 4.14. The van der Waals surface area contributed by atoms with E-state index in [0.29, 0.717) is 0 Å². The van der Waals surface area contributed by atoms with Gasteiger partial charge in [0.2, 0.25) is 0 Å². The SMILES string of the molecule is C=CC(=O)OCCOC(=O)N(C)C(C)(C)c1cccc(C(C)(C)N(C)C(=O)OCCOC(=O)C(=C)C)c1. The molecule has 0 N–H and O–H groups in total. The Hall–Kier alpha value is -3.82. The standard InChI is InChI=1S/C27H38N2O8/c1-10-22(30)34-14-16-36-24(32)28(8)26(4,5)20-12-11-13-21(18-20)27(6,7)29(9)25(33)37-17-15-35-23(31)19(2)3/h10-13,18H,1-2,14-17H2,3-9H3. The first-order valence-corrected chi connectivity index (χ1v) is 11.7. The second-order valence-corrected chi connectivity index (χ2v) is 9.33. The molecule has 0 bridgehead atoms. The van der Waals surface area contributed by atoms with Crippen LogP contribution in [-0.2, 0) is 39.6 Å². The molecule has 0 radical (unpaired) electrons. The minimum absolute atomic E-state index is 0.0749. The summed E-state index contributed by atoms with van der Waals surface area (Å²) in [5.74, 6) is -1.14. The van der Waals surface area contributed by atoms with Crippen LogP contribution >= 0.6 is 0 Å². The molecule has 1 aromatic carbocycles. The number of rotatable bonds is 12. The molecule has 0 aliphatic rings. The van der Waals surface area contributed by atoms with Gasteiger partial charge in [-0.15, -0.1) is 0 Å². The Morgan fingerprint density at radius 1 is 0.811 bits per heavy atom. The van der Waals surface area contributed by atoms with Crippen LogP contribution in [0.3, 0.4) is 0 Å². The fourth-order valence-electron chi connectivity index (χ4n) is 3.03. The quantitative estimate of drug-likeness (QED) is 0.176. The van der Waals surface area contributed by atoms with E-state index in [1.54, 1.807) is 14.1 Å². The van der Waals surface area contributed by atoms with E-state index >= 15 is 0 Å². The first-order chi connectivity index (χ1) is 17.2. The molecule has 0 unspecified atom stereocenters. The van der Waals surface area contributed by atoms with Crippen LogP contribution in [0.15, 0.2) is 49.1 Å². The first kappa shape index (κ1) is 31.2. The second-order valence-electron chi connectivity index (χ2n) is 9.33. The number of hydrogen-bond donors (Lipinski definition) is 0. The van der Waals surface area contributed by atoms with Crippen molar-refractivity contribution in [1.29, 1.82) is 0 Å². The van der Waals surface area contributed by atoms with Gasteiger partial charge in [-0.3, -0.25) is 0 Å². The molecule has 204 valence electrons. The largest absolute Gasteiger partial charge is 0.459 e. The number of esters is 2. The fraction of sp³-hybridized carbons (Fsp3) is 0.481. The monoisotopic (exact) mass is 518 g/mol. The van der Waals surface area contributed by atoms with Gasteiger partial charge in [-0.25, -0.2) is 19.2 Å². The van der Waals surface area contributed by atoms with Crippen molar-refractivity contribution in [2.45, 2.75) is 45.7 Å². The van der Waals surface area contributed by atoms with Gasteiger partial charge in [0.15, 0.2) is 0 Å². The van der Waals surface area contributed by atoms with Crippen molar-refractivity contribution in [3.8, 4) is 0 Å². The molecule has 0 aliphatic carbocycles. The van der Waals surface area contributed by atoms with E-state index in [1.807, 2.05) is 52.0 Å². The number of hydrogen-bond acceptors (Lipinski definition) is 8. The molecule has 37 heavy (non-hydrogen) atoms. The van der Waals surface area contributed by atoms with Crippen LogP contribution in [0.4, 0.5) is 9.59 Å². The molecular formula is C27H38N2O8. The van der Waals surface area contributed by atoms with Crippen LogP contribution in [0.5, 0.6) is 0 Å². The highest BCUT2D eigenvalue weighted by Gasteiger charge is 2.34. The molecule has 10 nitrogen and oxygen atoms in total. The van der Waals surface area contributed by atoms with Gasteiger partial charge in [0.25, 0.3) is 0 Å². The van der Waals surface area contributed by atoms with Crippen molar-refractivity contribution >= 4 is 24.1 Å². The molecule has 2 amide bonds. The number of carbonyl (C=O) groups is 4. The fourth-order valence-corrected chi connectivity index (χ4v) is 3.03. The Labute approximate surface area is 218 Å². The van der Waals surface area contributed by atoms with Crippen molar-refractivity contribution in [1.82, 2.24) is 9.80 Å². The molecule has 0 aliphatic heterocycles. The highest BCUT2D eigenvalue weighted by molar-refractivity contribution is 5.86. The molecule has 0 heterocycles. The summed E-state index contributed by atoms with van der Waals surface area (Å²) in [6.07, 6.45) is -0.138. The lowest BCUT2D eigenvalue weighted by Gasteiger charge is -2.38. The third-order valence-corrected chi connectivity index (χ3v) is 6.11. The third kappa shape index (κ3) is 8.66. The minimum Gasteiger partial charge on any atom is -0.459 e. The van der Waals surface area contributed by atoms with Gasteiger partial charge in [0.05, 0.1) is 11.1 Å². The minimum atomic E-state index is -0.772. The zero-order chi connectivity index (χ0) is 28.4. The van der Waals surface area contributed by atoms with Crippen molar-refractivity contribution in [3.05, 3.63) is 60.2 Å². The number of nitrogens with zero attached hydrogens (tertiary/aromatic N) is 2. The Bertz CT molecular complexity index is 1020. The molecule has 1 aromatic rings. The summed E-state index contributed by atoms with van der Waals surface area (Å²) in [5.41, 5.74) is 0.340. The number of ether oxygens (including phenoxy) is 4. The zero-order valence-corrected chi connectivity index (χ0v) is 22.8. The Morgan fingerprint density at radius 2 is 1.22 bits per heavy atom. The molecule has 0 atom stereocenters. The van der Waals surface area contributed by atoms with E-state index in [0.717, 1.165) is 17.2 Å². The third-order valence-electron chi connectivity index (χ3n) is 6.11. The van der Waals surface area contributed by atoms with Gasteiger partial charge in [-0.1, -0.05) is 37.4 Å². The van der Waals surface area contributed by atoms with Crippen molar-refractivity contribution < 1.29 is 38.1 Å². The summed E-state index contributed by atoms with van der Waals surface area (Å²) in [4.78, 5) is 50.7. The summed E-state index contributed by atoms with van der Waals surface area (Å²) in [6, 6.07) is 7.51. The number of carbonyl (C=O) groups excluding carboxylic acids is 4.